The van der Waals surface area contributed by atoms with E-state index in [-0.39, 0.29) is 11.7 Å². The highest BCUT2D eigenvalue weighted by Crippen LogP contribution is 2.33. The average molecular weight is 383 g/mol. The quantitative estimate of drug-likeness (QED) is 0.843. The zero-order valence-corrected chi connectivity index (χ0v) is 16.7. The third kappa shape index (κ3) is 4.64. The molecule has 0 saturated carbocycles. The van der Waals surface area contributed by atoms with Gasteiger partial charge in [-0.3, -0.25) is 4.90 Å². The third-order valence-electron chi connectivity index (χ3n) is 5.25. The molecule has 0 unspecified atom stereocenters. The van der Waals surface area contributed by atoms with E-state index < -0.39 is 10.0 Å². The van der Waals surface area contributed by atoms with Gasteiger partial charge in [-0.1, -0.05) is 12.1 Å². The SMILES string of the molecule is Cc1cccc(S(=O)(=O)NC[C@@H]2CC[C@@]3(COCCN(C(C)C)C3)O2)c1. The number of rotatable bonds is 5. The van der Waals surface area contributed by atoms with E-state index in [2.05, 4.69) is 23.5 Å². The molecule has 2 aliphatic heterocycles. The summed E-state index contributed by atoms with van der Waals surface area (Å²) >= 11 is 0. The van der Waals surface area contributed by atoms with Gasteiger partial charge < -0.3 is 9.47 Å². The van der Waals surface area contributed by atoms with Crippen molar-refractivity contribution < 1.29 is 17.9 Å². The maximum Gasteiger partial charge on any atom is 0.240 e. The Balaban J connectivity index is 1.60. The second-order valence-corrected chi connectivity index (χ2v) is 9.51. The molecule has 2 aliphatic rings. The highest BCUT2D eigenvalue weighted by atomic mass is 32.2. The number of nitrogens with one attached hydrogen (secondary N) is 1. The van der Waals surface area contributed by atoms with Crippen LogP contribution in [0.15, 0.2) is 29.2 Å². The summed E-state index contributed by atoms with van der Waals surface area (Å²) in [5.41, 5.74) is 0.605. The Morgan fingerprint density at radius 3 is 2.92 bits per heavy atom. The first-order chi connectivity index (χ1) is 12.3. The van der Waals surface area contributed by atoms with E-state index in [1.54, 1.807) is 18.2 Å². The van der Waals surface area contributed by atoms with Crippen molar-refractivity contribution in [2.24, 2.45) is 0 Å². The minimum absolute atomic E-state index is 0.120. The van der Waals surface area contributed by atoms with Gasteiger partial charge in [-0.2, -0.15) is 0 Å². The van der Waals surface area contributed by atoms with Crippen LogP contribution < -0.4 is 4.72 Å². The first kappa shape index (κ1) is 19.8. The predicted octanol–water partition coefficient (Wildman–Crippen LogP) is 1.93. The van der Waals surface area contributed by atoms with Gasteiger partial charge in [-0.15, -0.1) is 0 Å². The highest BCUT2D eigenvalue weighted by Gasteiger charge is 2.43. The van der Waals surface area contributed by atoms with E-state index in [0.717, 1.165) is 31.5 Å². The lowest BCUT2D eigenvalue weighted by Crippen LogP contribution is -2.47. The van der Waals surface area contributed by atoms with Gasteiger partial charge >= 0.3 is 0 Å². The summed E-state index contributed by atoms with van der Waals surface area (Å²) in [5, 5.41) is 0. The van der Waals surface area contributed by atoms with Gasteiger partial charge in [-0.05, 0) is 51.3 Å². The molecule has 0 radical (unpaired) electrons. The van der Waals surface area contributed by atoms with E-state index in [1.807, 2.05) is 13.0 Å². The summed E-state index contributed by atoms with van der Waals surface area (Å²) in [6.07, 6.45) is 1.61. The van der Waals surface area contributed by atoms with E-state index in [9.17, 15) is 8.42 Å². The highest BCUT2D eigenvalue weighted by molar-refractivity contribution is 7.89. The fourth-order valence-electron chi connectivity index (χ4n) is 3.71. The van der Waals surface area contributed by atoms with E-state index >= 15 is 0 Å². The number of benzene rings is 1. The number of hydrogen-bond donors (Lipinski definition) is 1. The summed E-state index contributed by atoms with van der Waals surface area (Å²) in [7, 11) is -3.52. The maximum atomic E-state index is 12.5. The maximum absolute atomic E-state index is 12.5. The zero-order chi connectivity index (χ0) is 18.8. The van der Waals surface area contributed by atoms with Gasteiger partial charge in [0.25, 0.3) is 0 Å². The van der Waals surface area contributed by atoms with Gasteiger partial charge in [0.05, 0.1) is 24.2 Å². The van der Waals surface area contributed by atoms with Crippen LogP contribution in [-0.2, 0) is 19.5 Å². The molecule has 0 aliphatic carbocycles. The Labute approximate surface area is 156 Å². The van der Waals surface area contributed by atoms with Crippen LogP contribution in [0.5, 0.6) is 0 Å². The van der Waals surface area contributed by atoms with Crippen molar-refractivity contribution in [1.29, 1.82) is 0 Å². The summed E-state index contributed by atoms with van der Waals surface area (Å²) in [6.45, 7) is 9.59. The molecule has 1 aromatic carbocycles. The Morgan fingerprint density at radius 2 is 2.19 bits per heavy atom. The fraction of sp³-hybridized carbons (Fsp3) is 0.684. The number of nitrogens with zero attached hydrogens (tertiary/aromatic N) is 1. The molecule has 6 nitrogen and oxygen atoms in total. The number of aryl methyl sites for hydroxylation is 1. The number of hydrogen-bond acceptors (Lipinski definition) is 5. The van der Waals surface area contributed by atoms with E-state index in [1.165, 1.54) is 0 Å². The molecule has 2 saturated heterocycles. The Bertz CT molecular complexity index is 722. The smallest absolute Gasteiger partial charge is 0.240 e. The fourth-order valence-corrected chi connectivity index (χ4v) is 4.88. The van der Waals surface area contributed by atoms with Crippen molar-refractivity contribution in [2.75, 3.05) is 32.8 Å². The molecule has 3 rings (SSSR count). The molecular weight excluding hydrogens is 352 g/mol. The Hall–Kier alpha value is -0.990. The van der Waals surface area contributed by atoms with Gasteiger partial charge in [-0.25, -0.2) is 13.1 Å². The number of sulfonamides is 1. The van der Waals surface area contributed by atoms with Crippen LogP contribution in [0.3, 0.4) is 0 Å². The molecule has 7 heteroatoms. The van der Waals surface area contributed by atoms with Gasteiger partial charge in [0, 0.05) is 25.7 Å². The molecule has 2 atom stereocenters. The van der Waals surface area contributed by atoms with Crippen molar-refractivity contribution >= 4 is 10.0 Å². The molecule has 0 aromatic heterocycles. The topological polar surface area (TPSA) is 67.9 Å². The number of ether oxygens (including phenoxy) is 2. The van der Waals surface area contributed by atoms with Crippen molar-refractivity contribution in [1.82, 2.24) is 9.62 Å². The minimum Gasteiger partial charge on any atom is -0.377 e. The molecule has 146 valence electrons. The van der Waals surface area contributed by atoms with Crippen LogP contribution in [0.2, 0.25) is 0 Å². The molecule has 1 spiro atoms. The zero-order valence-electron chi connectivity index (χ0n) is 15.9. The summed E-state index contributed by atoms with van der Waals surface area (Å²) < 4.78 is 39.8. The first-order valence-corrected chi connectivity index (χ1v) is 10.8. The summed E-state index contributed by atoms with van der Waals surface area (Å²) in [4.78, 5) is 2.68. The molecule has 1 aromatic rings. The minimum atomic E-state index is -3.52. The molecular formula is C19H30N2O4S. The third-order valence-corrected chi connectivity index (χ3v) is 6.67. The summed E-state index contributed by atoms with van der Waals surface area (Å²) in [6, 6.07) is 7.38. The first-order valence-electron chi connectivity index (χ1n) is 9.36. The van der Waals surface area contributed by atoms with Crippen molar-refractivity contribution in [3.8, 4) is 0 Å². The molecule has 2 heterocycles. The van der Waals surface area contributed by atoms with Crippen LogP contribution in [0, 0.1) is 6.92 Å². The van der Waals surface area contributed by atoms with Gasteiger partial charge in [0.15, 0.2) is 0 Å². The lowest BCUT2D eigenvalue weighted by molar-refractivity contribution is -0.0855. The van der Waals surface area contributed by atoms with Crippen LogP contribution in [0.1, 0.15) is 32.3 Å². The van der Waals surface area contributed by atoms with Crippen molar-refractivity contribution in [2.45, 2.75) is 56.3 Å². The van der Waals surface area contributed by atoms with Crippen molar-refractivity contribution in [3.63, 3.8) is 0 Å². The van der Waals surface area contributed by atoms with E-state index in [0.29, 0.717) is 30.7 Å². The van der Waals surface area contributed by atoms with E-state index in [4.69, 9.17) is 9.47 Å². The van der Waals surface area contributed by atoms with Gasteiger partial charge in [0.2, 0.25) is 10.0 Å². The van der Waals surface area contributed by atoms with Gasteiger partial charge in [0.1, 0.15) is 5.60 Å². The monoisotopic (exact) mass is 382 g/mol. The largest absolute Gasteiger partial charge is 0.377 e. The second kappa shape index (κ2) is 7.94. The normalized spacial score (nSPS) is 27.9. The molecule has 1 N–H and O–H groups in total. The molecule has 0 bridgehead atoms. The average Bonchev–Trinajstić information content (AvgIpc) is 2.86. The predicted molar refractivity (Wildman–Crippen MR) is 101 cm³/mol. The van der Waals surface area contributed by atoms with Crippen LogP contribution >= 0.6 is 0 Å². The second-order valence-electron chi connectivity index (χ2n) is 7.75. The van der Waals surface area contributed by atoms with Crippen LogP contribution in [0.4, 0.5) is 0 Å². The Morgan fingerprint density at radius 1 is 1.38 bits per heavy atom. The molecule has 26 heavy (non-hydrogen) atoms. The lowest BCUT2D eigenvalue weighted by atomic mass is 9.99. The summed E-state index contributed by atoms with van der Waals surface area (Å²) in [5.74, 6) is 0. The van der Waals surface area contributed by atoms with Crippen molar-refractivity contribution in [3.05, 3.63) is 29.8 Å². The Kier molecular flexibility index (Phi) is 6.04. The lowest BCUT2D eigenvalue weighted by Gasteiger charge is -2.34. The molecule has 0 amide bonds. The molecule has 2 fully saturated rings. The van der Waals surface area contributed by atoms with Crippen LogP contribution in [-0.4, -0.2) is 63.9 Å². The standard InChI is InChI=1S/C19H30N2O4S/c1-15(2)21-9-10-24-14-19(13-21)8-7-17(25-19)12-20-26(22,23)18-6-4-5-16(3)11-18/h4-6,11,15,17,20H,7-10,12-14H2,1-3H3/t17-,19+/m0/s1. The van der Waals surface area contributed by atoms with Crippen LogP contribution in [0.25, 0.3) is 0 Å².